The minimum absolute atomic E-state index is 0.0524. The Hall–Kier alpha value is -3.06. The van der Waals surface area contributed by atoms with E-state index in [4.69, 9.17) is 13.7 Å². The lowest BCUT2D eigenvalue weighted by Gasteiger charge is -2.19. The van der Waals surface area contributed by atoms with Crippen molar-refractivity contribution in [1.82, 2.24) is 10.5 Å². The second kappa shape index (κ2) is 8.75. The van der Waals surface area contributed by atoms with Crippen molar-refractivity contribution in [3.63, 3.8) is 0 Å². The van der Waals surface area contributed by atoms with Gasteiger partial charge in [0.05, 0.1) is 38.2 Å². The largest absolute Gasteiger partial charge is 0.489 e. The summed E-state index contributed by atoms with van der Waals surface area (Å²) in [4.78, 5) is 13.7. The van der Waals surface area contributed by atoms with E-state index in [1.54, 1.807) is 30.5 Å². The van der Waals surface area contributed by atoms with E-state index < -0.39 is 0 Å². The lowest BCUT2D eigenvalue weighted by molar-refractivity contribution is -0.891. The first-order chi connectivity index (χ1) is 13.5. The standard InChI is InChI=1S/C21H25N3O4/c1-14-18(15(2)28-23-14)13-27-17-9-7-16(8-10-17)21(25)22-12-19(24(3)4)20-6-5-11-26-20/h5-11,19H,12-13H2,1-4H3,(H,22,25)/p+1/t19-/m0/s1. The number of carbonyl (C=O) groups excluding carboxylic acids is 1. The summed E-state index contributed by atoms with van der Waals surface area (Å²) in [6.45, 7) is 4.60. The molecule has 0 unspecified atom stereocenters. The van der Waals surface area contributed by atoms with Gasteiger partial charge < -0.3 is 23.9 Å². The molecular formula is C21H26N3O4+. The van der Waals surface area contributed by atoms with Crippen molar-refractivity contribution in [1.29, 1.82) is 0 Å². The molecular weight excluding hydrogens is 358 g/mol. The highest BCUT2D eigenvalue weighted by molar-refractivity contribution is 5.94. The van der Waals surface area contributed by atoms with E-state index >= 15 is 0 Å². The molecule has 0 radical (unpaired) electrons. The number of hydrogen-bond acceptors (Lipinski definition) is 5. The molecule has 148 valence electrons. The van der Waals surface area contributed by atoms with Gasteiger partial charge in [-0.25, -0.2) is 0 Å². The van der Waals surface area contributed by atoms with Crippen LogP contribution in [0, 0.1) is 13.8 Å². The molecule has 0 spiro atoms. The maximum atomic E-state index is 12.5. The molecule has 0 saturated carbocycles. The summed E-state index contributed by atoms with van der Waals surface area (Å²) in [6, 6.07) is 10.9. The number of nitrogens with one attached hydrogen (secondary N) is 2. The predicted molar refractivity (Wildman–Crippen MR) is 103 cm³/mol. The second-order valence-electron chi connectivity index (χ2n) is 6.97. The third-order valence-electron chi connectivity index (χ3n) is 4.73. The van der Waals surface area contributed by atoms with Crippen LogP contribution in [0.3, 0.4) is 0 Å². The molecule has 3 rings (SSSR count). The molecule has 2 aromatic heterocycles. The summed E-state index contributed by atoms with van der Waals surface area (Å²) in [5.74, 6) is 2.16. The lowest BCUT2D eigenvalue weighted by atomic mass is 10.1. The van der Waals surface area contributed by atoms with Gasteiger partial charge in [-0.1, -0.05) is 5.16 Å². The number of benzene rings is 1. The highest BCUT2D eigenvalue weighted by Crippen LogP contribution is 2.18. The number of carbonyl (C=O) groups is 1. The van der Waals surface area contributed by atoms with E-state index in [2.05, 4.69) is 10.5 Å². The summed E-state index contributed by atoms with van der Waals surface area (Å²) in [5.41, 5.74) is 2.34. The number of amides is 1. The van der Waals surface area contributed by atoms with Crippen LogP contribution in [0.25, 0.3) is 0 Å². The molecule has 0 saturated heterocycles. The topological polar surface area (TPSA) is 81.9 Å². The van der Waals surface area contributed by atoms with Crippen LogP contribution in [0.5, 0.6) is 5.75 Å². The molecule has 1 atom stereocenters. The predicted octanol–water partition coefficient (Wildman–Crippen LogP) is 2.08. The number of ether oxygens (including phenoxy) is 1. The average molecular weight is 384 g/mol. The molecule has 0 fully saturated rings. The number of aromatic nitrogens is 1. The Balaban J connectivity index is 1.56. The fourth-order valence-corrected chi connectivity index (χ4v) is 2.94. The van der Waals surface area contributed by atoms with Crippen LogP contribution in [0.15, 0.2) is 51.6 Å². The minimum Gasteiger partial charge on any atom is -0.489 e. The third kappa shape index (κ3) is 4.61. The van der Waals surface area contributed by atoms with Crippen LogP contribution >= 0.6 is 0 Å². The number of nitrogens with zero attached hydrogens (tertiary/aromatic N) is 1. The molecule has 0 aliphatic heterocycles. The zero-order valence-electron chi connectivity index (χ0n) is 16.6. The van der Waals surface area contributed by atoms with E-state index in [-0.39, 0.29) is 11.9 Å². The maximum absolute atomic E-state index is 12.5. The lowest BCUT2D eigenvalue weighted by Crippen LogP contribution is -3.07. The summed E-state index contributed by atoms with van der Waals surface area (Å²) in [6.07, 6.45) is 1.65. The Morgan fingerprint density at radius 2 is 1.96 bits per heavy atom. The fraction of sp³-hybridized carbons (Fsp3) is 0.333. The molecule has 1 aromatic carbocycles. The van der Waals surface area contributed by atoms with E-state index in [9.17, 15) is 4.79 Å². The Morgan fingerprint density at radius 3 is 2.54 bits per heavy atom. The van der Waals surface area contributed by atoms with Gasteiger partial charge in [0.15, 0.2) is 11.8 Å². The first-order valence-corrected chi connectivity index (χ1v) is 9.22. The van der Waals surface area contributed by atoms with E-state index in [0.29, 0.717) is 24.5 Å². The number of hydrogen-bond donors (Lipinski definition) is 2. The van der Waals surface area contributed by atoms with Gasteiger partial charge in [0.1, 0.15) is 18.1 Å². The molecule has 3 aromatic rings. The molecule has 0 aliphatic rings. The van der Waals surface area contributed by atoms with Gasteiger partial charge in [-0.15, -0.1) is 0 Å². The molecule has 28 heavy (non-hydrogen) atoms. The monoisotopic (exact) mass is 384 g/mol. The quantitative estimate of drug-likeness (QED) is 0.621. The van der Waals surface area contributed by atoms with Gasteiger partial charge in [-0.3, -0.25) is 4.79 Å². The Bertz CT molecular complexity index is 879. The molecule has 1 amide bonds. The van der Waals surface area contributed by atoms with Crippen LogP contribution in [-0.2, 0) is 6.61 Å². The summed E-state index contributed by atoms with van der Waals surface area (Å²) in [5, 5.41) is 6.89. The van der Waals surface area contributed by atoms with Gasteiger partial charge in [0.2, 0.25) is 0 Å². The molecule has 7 nitrogen and oxygen atoms in total. The fourth-order valence-electron chi connectivity index (χ4n) is 2.94. The summed E-state index contributed by atoms with van der Waals surface area (Å²) < 4.78 is 16.4. The summed E-state index contributed by atoms with van der Waals surface area (Å²) >= 11 is 0. The second-order valence-corrected chi connectivity index (χ2v) is 6.97. The van der Waals surface area contributed by atoms with E-state index in [1.807, 2.05) is 40.1 Å². The van der Waals surface area contributed by atoms with Crippen molar-refractivity contribution < 1.29 is 23.4 Å². The third-order valence-corrected chi connectivity index (χ3v) is 4.73. The minimum atomic E-state index is -0.130. The van der Waals surface area contributed by atoms with Crippen LogP contribution in [0.4, 0.5) is 0 Å². The number of aryl methyl sites for hydroxylation is 2. The Labute approximate surface area is 164 Å². The number of furan rings is 1. The van der Waals surface area contributed by atoms with Crippen LogP contribution < -0.4 is 15.0 Å². The van der Waals surface area contributed by atoms with Crippen LogP contribution in [-0.4, -0.2) is 31.7 Å². The molecule has 2 N–H and O–H groups in total. The highest BCUT2D eigenvalue weighted by atomic mass is 16.5. The van der Waals surface area contributed by atoms with Crippen molar-refractivity contribution in [2.75, 3.05) is 20.6 Å². The molecule has 0 aliphatic carbocycles. The van der Waals surface area contributed by atoms with Crippen molar-refractivity contribution in [3.05, 3.63) is 71.0 Å². The van der Waals surface area contributed by atoms with Crippen LogP contribution in [0.1, 0.15) is 39.2 Å². The van der Waals surface area contributed by atoms with Crippen molar-refractivity contribution >= 4 is 5.91 Å². The van der Waals surface area contributed by atoms with Gasteiger partial charge >= 0.3 is 0 Å². The first-order valence-electron chi connectivity index (χ1n) is 9.22. The van der Waals surface area contributed by atoms with E-state index in [0.717, 1.165) is 22.8 Å². The van der Waals surface area contributed by atoms with Gasteiger partial charge in [-0.05, 0) is 50.2 Å². The average Bonchev–Trinajstić information content (AvgIpc) is 3.31. The van der Waals surface area contributed by atoms with Gasteiger partial charge in [-0.2, -0.15) is 0 Å². The first kappa shape index (κ1) is 19.7. The normalized spacial score (nSPS) is 12.2. The number of likely N-dealkylation sites (N-methyl/N-ethyl adjacent to an activating group) is 1. The smallest absolute Gasteiger partial charge is 0.251 e. The zero-order valence-corrected chi connectivity index (χ0v) is 16.6. The molecule has 2 heterocycles. The molecule has 7 heteroatoms. The number of rotatable bonds is 8. The van der Waals surface area contributed by atoms with Crippen LogP contribution in [0.2, 0.25) is 0 Å². The Kier molecular flexibility index (Phi) is 6.16. The summed E-state index contributed by atoms with van der Waals surface area (Å²) in [7, 11) is 4.06. The van der Waals surface area contributed by atoms with Gasteiger partial charge in [0.25, 0.3) is 5.91 Å². The zero-order chi connectivity index (χ0) is 20.1. The molecule has 0 bridgehead atoms. The van der Waals surface area contributed by atoms with Gasteiger partial charge in [0, 0.05) is 5.56 Å². The Morgan fingerprint density at radius 1 is 1.21 bits per heavy atom. The van der Waals surface area contributed by atoms with E-state index in [1.165, 1.54) is 4.90 Å². The SMILES string of the molecule is Cc1noc(C)c1COc1ccc(C(=O)NC[C@@H](c2ccco2)[NH+](C)C)cc1. The van der Waals surface area contributed by atoms with Crippen molar-refractivity contribution in [2.45, 2.75) is 26.5 Å². The number of quaternary nitrogens is 1. The van der Waals surface area contributed by atoms with Crippen molar-refractivity contribution in [2.24, 2.45) is 0 Å². The highest BCUT2D eigenvalue weighted by Gasteiger charge is 2.21. The maximum Gasteiger partial charge on any atom is 0.251 e. The van der Waals surface area contributed by atoms with Crippen molar-refractivity contribution in [3.8, 4) is 5.75 Å².